The highest BCUT2D eigenvalue weighted by atomic mass is 32.1. The van der Waals surface area contributed by atoms with Gasteiger partial charge in [-0.3, -0.25) is 9.59 Å². The Kier molecular flexibility index (Phi) is 6.41. The molecule has 1 spiro atoms. The summed E-state index contributed by atoms with van der Waals surface area (Å²) in [5.41, 5.74) is 0.414. The molecule has 2 amide bonds. The molecule has 1 aromatic carbocycles. The van der Waals surface area contributed by atoms with E-state index in [4.69, 9.17) is 4.74 Å². The van der Waals surface area contributed by atoms with Crippen LogP contribution in [0.4, 0.5) is 4.39 Å². The van der Waals surface area contributed by atoms with Gasteiger partial charge in [0.1, 0.15) is 11.9 Å². The summed E-state index contributed by atoms with van der Waals surface area (Å²) in [6.45, 7) is 4.84. The first kappa shape index (κ1) is 21.9. The third-order valence-corrected chi connectivity index (χ3v) is 7.00. The van der Waals surface area contributed by atoms with E-state index in [1.807, 2.05) is 31.0 Å². The molecule has 1 unspecified atom stereocenters. The normalized spacial score (nSPS) is 21.3. The molecule has 2 aliphatic heterocycles. The number of carbonyl (C=O) groups is 2. The Bertz CT molecular complexity index is 938. The molecule has 6 nitrogen and oxygen atoms in total. The molecule has 3 heterocycles. The maximum atomic E-state index is 13.1. The third-order valence-electron chi connectivity index (χ3n) is 6.01. The highest BCUT2D eigenvalue weighted by Crippen LogP contribution is 2.33. The molecule has 31 heavy (non-hydrogen) atoms. The first-order valence-corrected chi connectivity index (χ1v) is 11.4. The van der Waals surface area contributed by atoms with Crippen molar-refractivity contribution < 1.29 is 18.7 Å². The minimum Gasteiger partial charge on any atom is -0.359 e. The molecule has 0 aliphatic carbocycles. The van der Waals surface area contributed by atoms with Gasteiger partial charge in [0.25, 0.3) is 11.8 Å². The predicted octanol–water partition coefficient (Wildman–Crippen LogP) is 2.82. The Labute approximate surface area is 186 Å². The maximum Gasteiger partial charge on any atom is 0.263 e. The number of ether oxygens (including phenoxy) is 1. The Hall–Kier alpha value is -2.29. The number of halogens is 1. The summed E-state index contributed by atoms with van der Waals surface area (Å²) in [5, 5.41) is 2.91. The summed E-state index contributed by atoms with van der Waals surface area (Å²) in [4.78, 5) is 31.4. The van der Waals surface area contributed by atoms with Crippen molar-refractivity contribution in [2.75, 3.05) is 33.2 Å². The van der Waals surface area contributed by atoms with Gasteiger partial charge in [0.2, 0.25) is 0 Å². The van der Waals surface area contributed by atoms with Gasteiger partial charge in [-0.1, -0.05) is 12.1 Å². The van der Waals surface area contributed by atoms with E-state index in [0.717, 1.165) is 21.9 Å². The van der Waals surface area contributed by atoms with Crippen LogP contribution in [0.25, 0.3) is 0 Å². The third kappa shape index (κ3) is 5.14. The van der Waals surface area contributed by atoms with Gasteiger partial charge in [-0.2, -0.15) is 0 Å². The summed E-state index contributed by atoms with van der Waals surface area (Å²) in [7, 11) is 2.00. The number of hydrogen-bond acceptors (Lipinski definition) is 5. The Morgan fingerprint density at radius 1 is 1.19 bits per heavy atom. The summed E-state index contributed by atoms with van der Waals surface area (Å²) in [6.07, 6.45) is 0.839. The number of aryl methyl sites for hydroxylation is 1. The average Bonchev–Trinajstić information content (AvgIpc) is 3.19. The van der Waals surface area contributed by atoms with Crippen LogP contribution in [0.2, 0.25) is 0 Å². The van der Waals surface area contributed by atoms with Gasteiger partial charge in [0.15, 0.2) is 0 Å². The van der Waals surface area contributed by atoms with Crippen LogP contribution in [0.15, 0.2) is 36.4 Å². The number of hydrogen-bond donors (Lipinski definition) is 1. The zero-order chi connectivity index (χ0) is 22.0. The number of thiophene rings is 1. The van der Waals surface area contributed by atoms with Crippen LogP contribution in [0.5, 0.6) is 0 Å². The number of carbonyl (C=O) groups excluding carboxylic acids is 2. The number of amides is 2. The Morgan fingerprint density at radius 2 is 1.90 bits per heavy atom. The summed E-state index contributed by atoms with van der Waals surface area (Å²) < 4.78 is 19.4. The van der Waals surface area contributed by atoms with Crippen LogP contribution < -0.4 is 5.32 Å². The van der Waals surface area contributed by atoms with Gasteiger partial charge in [0.05, 0.1) is 10.5 Å². The number of morpholine rings is 1. The van der Waals surface area contributed by atoms with Gasteiger partial charge < -0.3 is 19.9 Å². The number of piperidine rings is 1. The monoisotopic (exact) mass is 445 g/mol. The number of nitrogens with zero attached hydrogens (tertiary/aromatic N) is 2. The number of rotatable bonds is 4. The van der Waals surface area contributed by atoms with E-state index < -0.39 is 11.7 Å². The zero-order valence-corrected chi connectivity index (χ0v) is 18.7. The summed E-state index contributed by atoms with van der Waals surface area (Å²) >= 11 is 1.52. The highest BCUT2D eigenvalue weighted by molar-refractivity contribution is 7.13. The van der Waals surface area contributed by atoms with E-state index in [-0.39, 0.29) is 17.6 Å². The second kappa shape index (κ2) is 9.06. The quantitative estimate of drug-likeness (QED) is 0.786. The van der Waals surface area contributed by atoms with Gasteiger partial charge in [0, 0.05) is 37.6 Å². The van der Waals surface area contributed by atoms with E-state index in [1.165, 1.54) is 23.5 Å². The zero-order valence-electron chi connectivity index (χ0n) is 17.9. The molecule has 2 aliphatic rings. The Balaban J connectivity index is 1.34. The predicted molar refractivity (Wildman–Crippen MR) is 118 cm³/mol. The van der Waals surface area contributed by atoms with Crippen LogP contribution in [0, 0.1) is 12.7 Å². The van der Waals surface area contributed by atoms with Gasteiger partial charge in [-0.25, -0.2) is 4.39 Å². The molecular formula is C23H28FN3O3S. The molecule has 2 saturated heterocycles. The van der Waals surface area contributed by atoms with E-state index in [1.54, 1.807) is 12.1 Å². The SMILES string of the molecule is Cc1ccc(C(=O)N2CCC3(CC2)CN(C)CC(C(=O)NCc2ccc(F)cc2)O3)s1. The lowest BCUT2D eigenvalue weighted by Gasteiger charge is -2.48. The number of likely N-dealkylation sites (tertiary alicyclic amines) is 1. The number of nitrogens with one attached hydrogen (secondary N) is 1. The van der Waals surface area contributed by atoms with Crippen molar-refractivity contribution in [1.82, 2.24) is 15.1 Å². The van der Waals surface area contributed by atoms with E-state index >= 15 is 0 Å². The topological polar surface area (TPSA) is 61.9 Å². The van der Waals surface area contributed by atoms with E-state index in [9.17, 15) is 14.0 Å². The largest absolute Gasteiger partial charge is 0.359 e. The average molecular weight is 446 g/mol. The van der Waals surface area contributed by atoms with Gasteiger partial charge in [-0.05, 0) is 56.6 Å². The lowest BCUT2D eigenvalue weighted by atomic mass is 9.88. The molecule has 8 heteroatoms. The lowest BCUT2D eigenvalue weighted by Crippen LogP contribution is -2.61. The smallest absolute Gasteiger partial charge is 0.263 e. The van der Waals surface area contributed by atoms with Crippen LogP contribution >= 0.6 is 11.3 Å². The molecule has 2 fully saturated rings. The molecule has 0 bridgehead atoms. The van der Waals surface area contributed by atoms with E-state index in [0.29, 0.717) is 39.0 Å². The highest BCUT2D eigenvalue weighted by Gasteiger charge is 2.44. The van der Waals surface area contributed by atoms with Crippen LogP contribution in [0.3, 0.4) is 0 Å². The molecule has 0 saturated carbocycles. The fourth-order valence-electron chi connectivity index (χ4n) is 4.36. The first-order valence-electron chi connectivity index (χ1n) is 10.6. The van der Waals surface area contributed by atoms with Crippen molar-refractivity contribution in [2.45, 2.75) is 38.0 Å². The molecule has 0 radical (unpaired) electrons. The van der Waals surface area contributed by atoms with Crippen LogP contribution in [-0.4, -0.2) is 66.5 Å². The fourth-order valence-corrected chi connectivity index (χ4v) is 5.19. The summed E-state index contributed by atoms with van der Waals surface area (Å²) in [5.74, 6) is -0.387. The Morgan fingerprint density at radius 3 is 2.55 bits per heavy atom. The van der Waals surface area contributed by atoms with Crippen molar-refractivity contribution in [2.24, 2.45) is 0 Å². The molecule has 2 aromatic rings. The molecule has 1 aromatic heterocycles. The summed E-state index contributed by atoms with van der Waals surface area (Å²) in [6, 6.07) is 9.94. The van der Waals surface area contributed by atoms with Crippen molar-refractivity contribution in [3.05, 3.63) is 57.5 Å². The minimum absolute atomic E-state index is 0.0747. The first-order chi connectivity index (χ1) is 14.8. The van der Waals surface area contributed by atoms with Crippen molar-refractivity contribution in [1.29, 1.82) is 0 Å². The number of likely N-dealkylation sites (N-methyl/N-ethyl adjacent to an activating group) is 1. The number of benzene rings is 1. The second-order valence-electron chi connectivity index (χ2n) is 8.53. The standard InChI is InChI=1S/C23H28FN3O3S/c1-16-3-8-20(31-16)22(29)27-11-9-23(10-12-27)15-26(2)14-19(30-23)21(28)25-13-17-4-6-18(24)7-5-17/h3-8,19H,9-15H2,1-2H3,(H,25,28). The molecule has 4 rings (SSSR count). The molecule has 1 N–H and O–H groups in total. The van der Waals surface area contributed by atoms with Crippen LogP contribution in [0.1, 0.15) is 33.0 Å². The maximum absolute atomic E-state index is 13.1. The van der Waals surface area contributed by atoms with Crippen LogP contribution in [-0.2, 0) is 16.1 Å². The molecular weight excluding hydrogens is 417 g/mol. The lowest BCUT2D eigenvalue weighted by molar-refractivity contribution is -0.180. The van der Waals surface area contributed by atoms with E-state index in [2.05, 4.69) is 10.2 Å². The van der Waals surface area contributed by atoms with Gasteiger partial charge in [-0.15, -0.1) is 11.3 Å². The van der Waals surface area contributed by atoms with Crippen molar-refractivity contribution >= 4 is 23.2 Å². The van der Waals surface area contributed by atoms with Crippen molar-refractivity contribution in [3.8, 4) is 0 Å². The van der Waals surface area contributed by atoms with Gasteiger partial charge >= 0.3 is 0 Å². The van der Waals surface area contributed by atoms with Crippen molar-refractivity contribution in [3.63, 3.8) is 0 Å². The molecule has 1 atom stereocenters. The minimum atomic E-state index is -0.568. The second-order valence-corrected chi connectivity index (χ2v) is 9.82. The fraction of sp³-hybridized carbons (Fsp3) is 0.478. The molecule has 166 valence electrons.